The van der Waals surface area contributed by atoms with Crippen molar-refractivity contribution in [2.45, 2.75) is 0 Å². The first kappa shape index (κ1) is 26.4. The summed E-state index contributed by atoms with van der Waals surface area (Å²) in [6, 6.07) is 61.5. The van der Waals surface area contributed by atoms with Crippen molar-refractivity contribution < 1.29 is 0 Å². The highest BCUT2D eigenvalue weighted by Crippen LogP contribution is 2.45. The van der Waals surface area contributed by atoms with E-state index in [4.69, 9.17) is 4.98 Å². The van der Waals surface area contributed by atoms with Crippen LogP contribution in [0.25, 0.3) is 87.7 Å². The molecule has 0 spiro atoms. The Morgan fingerprint density at radius 2 is 0.891 bits per heavy atom. The van der Waals surface area contributed by atoms with Crippen molar-refractivity contribution in [2.75, 3.05) is 0 Å². The molecule has 0 saturated heterocycles. The molecule has 0 N–H and O–H groups in total. The molecule has 1 aromatic heterocycles. The first-order valence-electron chi connectivity index (χ1n) is 15.8. The number of hydrogen-bond donors (Lipinski definition) is 0. The van der Waals surface area contributed by atoms with Crippen molar-refractivity contribution >= 4 is 43.2 Å². The molecule has 9 aromatic rings. The van der Waals surface area contributed by atoms with Gasteiger partial charge in [0.25, 0.3) is 0 Å². The smallest absolute Gasteiger partial charge is 0.0786 e. The second kappa shape index (κ2) is 10.8. The zero-order chi connectivity index (χ0) is 30.5. The highest BCUT2D eigenvalue weighted by molar-refractivity contribution is 6.22. The Bertz CT molecular complexity index is 2550. The molecule has 0 amide bonds. The summed E-state index contributed by atoms with van der Waals surface area (Å²) < 4.78 is 0. The quantitative estimate of drug-likeness (QED) is 0.148. The highest BCUT2D eigenvalue weighted by Gasteiger charge is 2.17. The normalized spacial score (nSPS) is 11.5. The Hall–Kier alpha value is -6.05. The topological polar surface area (TPSA) is 12.9 Å². The molecule has 0 unspecified atom stereocenters. The molecule has 46 heavy (non-hydrogen) atoms. The molecule has 0 aliphatic carbocycles. The molecule has 0 aliphatic heterocycles. The molecular weight excluding hydrogens is 555 g/mol. The van der Waals surface area contributed by atoms with Crippen LogP contribution < -0.4 is 0 Å². The van der Waals surface area contributed by atoms with E-state index in [0.29, 0.717) is 0 Å². The predicted octanol–water partition coefficient (Wildman–Crippen LogP) is 12.4. The first-order valence-corrected chi connectivity index (χ1v) is 15.8. The Morgan fingerprint density at radius 1 is 0.326 bits per heavy atom. The van der Waals surface area contributed by atoms with Crippen LogP contribution in [0.3, 0.4) is 0 Å². The number of aromatic nitrogens is 1. The van der Waals surface area contributed by atoms with Crippen LogP contribution in [0.4, 0.5) is 0 Å². The summed E-state index contributed by atoms with van der Waals surface area (Å²) in [4.78, 5) is 4.77. The molecule has 1 heteroatoms. The first-order chi connectivity index (χ1) is 22.8. The van der Waals surface area contributed by atoms with Gasteiger partial charge in [-0.2, -0.15) is 0 Å². The van der Waals surface area contributed by atoms with Gasteiger partial charge in [0.15, 0.2) is 0 Å². The zero-order valence-corrected chi connectivity index (χ0v) is 25.2. The average molecular weight is 584 g/mol. The average Bonchev–Trinajstić information content (AvgIpc) is 3.14. The SMILES string of the molecule is c1ccc(-c2c3ccccc3c(-c3ccccc3)c3cc(-c4ccc(-c5cccc6ccc7cccnc7c56)cc4)ccc23)cc1. The maximum Gasteiger partial charge on any atom is 0.0786 e. The van der Waals surface area contributed by atoms with Gasteiger partial charge in [-0.15, -0.1) is 0 Å². The lowest BCUT2D eigenvalue weighted by atomic mass is 9.85. The molecule has 8 aromatic carbocycles. The van der Waals surface area contributed by atoms with Crippen molar-refractivity contribution in [3.05, 3.63) is 176 Å². The van der Waals surface area contributed by atoms with E-state index in [0.717, 1.165) is 10.9 Å². The van der Waals surface area contributed by atoms with Crippen LogP contribution in [0.15, 0.2) is 176 Å². The Kier molecular flexibility index (Phi) is 6.21. The molecule has 0 atom stereocenters. The summed E-state index contributed by atoms with van der Waals surface area (Å²) in [7, 11) is 0. The minimum absolute atomic E-state index is 1.05. The second-order valence-corrected chi connectivity index (χ2v) is 11.9. The minimum atomic E-state index is 1.05. The monoisotopic (exact) mass is 583 g/mol. The lowest BCUT2D eigenvalue weighted by Gasteiger charge is -2.18. The maximum absolute atomic E-state index is 4.77. The lowest BCUT2D eigenvalue weighted by Crippen LogP contribution is -1.91. The van der Waals surface area contributed by atoms with Crippen LogP contribution in [-0.4, -0.2) is 4.98 Å². The molecule has 0 fully saturated rings. The van der Waals surface area contributed by atoms with E-state index in [1.807, 2.05) is 12.3 Å². The summed E-state index contributed by atoms with van der Waals surface area (Å²) >= 11 is 0. The third kappa shape index (κ3) is 4.29. The van der Waals surface area contributed by atoms with Gasteiger partial charge >= 0.3 is 0 Å². The van der Waals surface area contributed by atoms with Gasteiger partial charge in [0, 0.05) is 17.0 Å². The van der Waals surface area contributed by atoms with Crippen LogP contribution in [-0.2, 0) is 0 Å². The van der Waals surface area contributed by atoms with E-state index in [1.165, 1.54) is 76.8 Å². The predicted molar refractivity (Wildman–Crippen MR) is 196 cm³/mol. The summed E-state index contributed by atoms with van der Waals surface area (Å²) in [6.07, 6.45) is 1.89. The van der Waals surface area contributed by atoms with Crippen molar-refractivity contribution in [1.29, 1.82) is 0 Å². The number of benzene rings is 8. The van der Waals surface area contributed by atoms with Gasteiger partial charge in [0.2, 0.25) is 0 Å². The van der Waals surface area contributed by atoms with Gasteiger partial charge in [0.05, 0.1) is 5.52 Å². The van der Waals surface area contributed by atoms with Gasteiger partial charge < -0.3 is 0 Å². The number of nitrogens with zero attached hydrogens (tertiary/aromatic N) is 1. The third-order valence-electron chi connectivity index (χ3n) is 9.29. The van der Waals surface area contributed by atoms with E-state index < -0.39 is 0 Å². The highest BCUT2D eigenvalue weighted by atomic mass is 14.6. The molecular formula is C45H29N. The van der Waals surface area contributed by atoms with Gasteiger partial charge in [-0.1, -0.05) is 158 Å². The molecule has 1 nitrogen and oxygen atoms in total. The Labute approximate surface area is 268 Å². The molecule has 9 rings (SSSR count). The van der Waals surface area contributed by atoms with Gasteiger partial charge in [-0.3, -0.25) is 4.98 Å². The number of fused-ring (bicyclic) bond motifs is 5. The van der Waals surface area contributed by atoms with Crippen LogP contribution >= 0.6 is 0 Å². The zero-order valence-electron chi connectivity index (χ0n) is 25.2. The van der Waals surface area contributed by atoms with Crippen LogP contribution in [0.2, 0.25) is 0 Å². The van der Waals surface area contributed by atoms with Crippen LogP contribution in [0.5, 0.6) is 0 Å². The van der Waals surface area contributed by atoms with Gasteiger partial charge in [0.1, 0.15) is 0 Å². The number of pyridine rings is 1. The maximum atomic E-state index is 4.77. The fourth-order valence-electron chi connectivity index (χ4n) is 7.19. The van der Waals surface area contributed by atoms with Gasteiger partial charge in [-0.25, -0.2) is 0 Å². The van der Waals surface area contributed by atoms with E-state index in [2.05, 4.69) is 164 Å². The van der Waals surface area contributed by atoms with Crippen molar-refractivity contribution in [3.63, 3.8) is 0 Å². The molecule has 1 heterocycles. The second-order valence-electron chi connectivity index (χ2n) is 11.9. The van der Waals surface area contributed by atoms with Crippen molar-refractivity contribution in [2.24, 2.45) is 0 Å². The fraction of sp³-hybridized carbons (Fsp3) is 0. The number of hydrogen-bond acceptors (Lipinski definition) is 1. The molecule has 0 saturated carbocycles. The largest absolute Gasteiger partial charge is 0.256 e. The standard InChI is InChI=1S/C45H29N/c1-3-11-32(12-4-1)42-38-17-7-8-18-39(38)43(33-13-5-2-6-14-33)41-29-36(26-27-40(41)42)30-20-22-31(23-21-30)37-19-9-15-34-24-25-35-16-10-28-46-45(35)44(34)37/h1-29H. The minimum Gasteiger partial charge on any atom is -0.256 e. The summed E-state index contributed by atoms with van der Waals surface area (Å²) in [6.45, 7) is 0. The Balaban J connectivity index is 1.25. The van der Waals surface area contributed by atoms with E-state index in [1.54, 1.807) is 0 Å². The Morgan fingerprint density at radius 3 is 1.61 bits per heavy atom. The molecule has 0 aliphatic rings. The number of rotatable bonds is 4. The summed E-state index contributed by atoms with van der Waals surface area (Å²) in [5, 5.41) is 8.63. The summed E-state index contributed by atoms with van der Waals surface area (Å²) in [5.74, 6) is 0. The van der Waals surface area contributed by atoms with Gasteiger partial charge in [-0.05, 0) is 83.6 Å². The lowest BCUT2D eigenvalue weighted by molar-refractivity contribution is 1.43. The van der Waals surface area contributed by atoms with Crippen LogP contribution in [0.1, 0.15) is 0 Å². The third-order valence-corrected chi connectivity index (χ3v) is 9.29. The molecule has 214 valence electrons. The van der Waals surface area contributed by atoms with Crippen molar-refractivity contribution in [3.8, 4) is 44.5 Å². The molecule has 0 bridgehead atoms. The summed E-state index contributed by atoms with van der Waals surface area (Å²) in [5.41, 5.74) is 10.9. The van der Waals surface area contributed by atoms with E-state index in [9.17, 15) is 0 Å². The van der Waals surface area contributed by atoms with E-state index >= 15 is 0 Å². The molecule has 0 radical (unpaired) electrons. The fourth-order valence-corrected chi connectivity index (χ4v) is 7.19. The van der Waals surface area contributed by atoms with Crippen molar-refractivity contribution in [1.82, 2.24) is 4.98 Å². The van der Waals surface area contributed by atoms with Crippen LogP contribution in [0, 0.1) is 0 Å². The van der Waals surface area contributed by atoms with E-state index in [-0.39, 0.29) is 0 Å².